The van der Waals surface area contributed by atoms with Crippen LogP contribution in [0.1, 0.15) is 5.56 Å². The van der Waals surface area contributed by atoms with Gasteiger partial charge in [-0.1, -0.05) is 48.5 Å². The van der Waals surface area contributed by atoms with E-state index >= 15 is 0 Å². The smallest absolute Gasteiger partial charge is 0.328 e. The third-order valence-electron chi connectivity index (χ3n) is 3.22. The molecule has 3 rings (SSSR count). The summed E-state index contributed by atoms with van der Waals surface area (Å²) in [5.74, 6) is -0.961. The zero-order chi connectivity index (χ0) is 14.7. The van der Waals surface area contributed by atoms with Gasteiger partial charge in [-0.2, -0.15) is 0 Å². The molecule has 0 fully saturated rings. The molecule has 0 spiro atoms. The van der Waals surface area contributed by atoms with Gasteiger partial charge in [0.2, 0.25) is 0 Å². The zero-order valence-corrected chi connectivity index (χ0v) is 12.5. The summed E-state index contributed by atoms with van der Waals surface area (Å²) >= 11 is 0. The van der Waals surface area contributed by atoms with Gasteiger partial charge in [0.15, 0.2) is 0 Å². The number of pyridine rings is 1. The number of para-hydroxylation sites is 1. The van der Waals surface area contributed by atoms with Crippen LogP contribution in [-0.2, 0) is 4.79 Å². The molecule has 0 amide bonds. The Kier molecular flexibility index (Phi) is 4.92. The number of benzene rings is 2. The SMILES string of the molecule is Cl.O=C(O)C=Cc1cc(-c2ccccc2)nc2ccccc12. The maximum atomic E-state index is 10.8. The van der Waals surface area contributed by atoms with Crippen molar-refractivity contribution in [1.29, 1.82) is 0 Å². The van der Waals surface area contributed by atoms with Crippen molar-refractivity contribution in [3.63, 3.8) is 0 Å². The topological polar surface area (TPSA) is 50.2 Å². The van der Waals surface area contributed by atoms with Crippen molar-refractivity contribution < 1.29 is 9.90 Å². The van der Waals surface area contributed by atoms with Crippen LogP contribution in [0.5, 0.6) is 0 Å². The third kappa shape index (κ3) is 3.32. The van der Waals surface area contributed by atoms with Crippen molar-refractivity contribution in [3.8, 4) is 11.3 Å². The van der Waals surface area contributed by atoms with Crippen LogP contribution in [0.25, 0.3) is 28.2 Å². The van der Waals surface area contributed by atoms with Crippen LogP contribution < -0.4 is 0 Å². The van der Waals surface area contributed by atoms with Gasteiger partial charge in [0.25, 0.3) is 0 Å². The molecule has 0 atom stereocenters. The number of fused-ring (bicyclic) bond motifs is 1. The number of hydrogen-bond donors (Lipinski definition) is 1. The van der Waals surface area contributed by atoms with E-state index in [-0.39, 0.29) is 12.4 Å². The van der Waals surface area contributed by atoms with Gasteiger partial charge >= 0.3 is 5.97 Å². The number of carboxylic acids is 1. The molecule has 0 unspecified atom stereocenters. The van der Waals surface area contributed by atoms with Gasteiger partial charge in [-0.25, -0.2) is 9.78 Å². The third-order valence-corrected chi connectivity index (χ3v) is 3.22. The van der Waals surface area contributed by atoms with Gasteiger partial charge in [-0.3, -0.25) is 0 Å². The van der Waals surface area contributed by atoms with Crippen LogP contribution >= 0.6 is 12.4 Å². The number of nitrogens with zero attached hydrogens (tertiary/aromatic N) is 1. The van der Waals surface area contributed by atoms with E-state index in [0.717, 1.165) is 33.8 Å². The highest BCUT2D eigenvalue weighted by Crippen LogP contribution is 2.25. The lowest BCUT2D eigenvalue weighted by Crippen LogP contribution is -1.90. The van der Waals surface area contributed by atoms with Crippen LogP contribution in [0.2, 0.25) is 0 Å². The summed E-state index contributed by atoms with van der Waals surface area (Å²) in [6.07, 6.45) is 2.76. The van der Waals surface area contributed by atoms with Crippen molar-refractivity contribution in [2.75, 3.05) is 0 Å². The molecule has 3 nitrogen and oxygen atoms in total. The highest BCUT2D eigenvalue weighted by molar-refractivity contribution is 5.94. The van der Waals surface area contributed by atoms with Gasteiger partial charge in [0.1, 0.15) is 0 Å². The highest BCUT2D eigenvalue weighted by Gasteiger charge is 2.05. The van der Waals surface area contributed by atoms with Crippen molar-refractivity contribution in [2.24, 2.45) is 0 Å². The minimum Gasteiger partial charge on any atom is -0.478 e. The summed E-state index contributed by atoms with van der Waals surface area (Å²) in [5.41, 5.74) is 3.54. The molecule has 0 saturated heterocycles. The summed E-state index contributed by atoms with van der Waals surface area (Å²) in [4.78, 5) is 15.4. The predicted molar refractivity (Wildman–Crippen MR) is 91.1 cm³/mol. The first-order valence-electron chi connectivity index (χ1n) is 6.60. The molecular weight excluding hydrogens is 298 g/mol. The van der Waals surface area contributed by atoms with Crippen molar-refractivity contribution in [1.82, 2.24) is 4.98 Å². The Bertz CT molecular complexity index is 829. The number of aliphatic carboxylic acids is 1. The summed E-state index contributed by atoms with van der Waals surface area (Å²) in [7, 11) is 0. The second-order valence-corrected chi connectivity index (χ2v) is 4.65. The quantitative estimate of drug-likeness (QED) is 0.728. The fourth-order valence-corrected chi connectivity index (χ4v) is 2.26. The Morgan fingerprint density at radius 3 is 2.41 bits per heavy atom. The first kappa shape index (κ1) is 15.7. The Hall–Kier alpha value is -2.65. The lowest BCUT2D eigenvalue weighted by molar-refractivity contribution is -0.131. The van der Waals surface area contributed by atoms with E-state index in [0.29, 0.717) is 0 Å². The molecule has 0 bridgehead atoms. The van der Waals surface area contributed by atoms with E-state index in [1.807, 2.05) is 60.7 Å². The second-order valence-electron chi connectivity index (χ2n) is 4.65. The van der Waals surface area contributed by atoms with E-state index in [4.69, 9.17) is 5.11 Å². The number of carboxylic acid groups (broad SMARTS) is 1. The minimum absolute atomic E-state index is 0. The van der Waals surface area contributed by atoms with E-state index in [1.54, 1.807) is 6.08 Å². The van der Waals surface area contributed by atoms with E-state index in [1.165, 1.54) is 0 Å². The molecule has 1 aromatic heterocycles. The summed E-state index contributed by atoms with van der Waals surface area (Å²) < 4.78 is 0. The molecule has 0 radical (unpaired) electrons. The number of carbonyl (C=O) groups is 1. The first-order chi connectivity index (χ1) is 10.2. The van der Waals surface area contributed by atoms with Crippen LogP contribution in [0.15, 0.2) is 66.7 Å². The van der Waals surface area contributed by atoms with Gasteiger partial charge < -0.3 is 5.11 Å². The predicted octanol–water partition coefficient (Wildman–Crippen LogP) is 4.42. The maximum absolute atomic E-state index is 10.8. The molecule has 2 aromatic carbocycles. The molecule has 0 aliphatic heterocycles. The summed E-state index contributed by atoms with van der Waals surface area (Å²) in [5, 5.41) is 9.77. The Labute approximate surface area is 134 Å². The molecule has 1 heterocycles. The highest BCUT2D eigenvalue weighted by atomic mass is 35.5. The van der Waals surface area contributed by atoms with Gasteiger partial charge in [0, 0.05) is 17.0 Å². The average molecular weight is 312 g/mol. The molecule has 0 aliphatic carbocycles. The van der Waals surface area contributed by atoms with Crippen molar-refractivity contribution in [2.45, 2.75) is 0 Å². The first-order valence-corrected chi connectivity index (χ1v) is 6.60. The molecule has 22 heavy (non-hydrogen) atoms. The summed E-state index contributed by atoms with van der Waals surface area (Å²) in [6, 6.07) is 19.5. The van der Waals surface area contributed by atoms with E-state index < -0.39 is 5.97 Å². The molecule has 3 aromatic rings. The van der Waals surface area contributed by atoms with Gasteiger partial charge in [-0.15, -0.1) is 12.4 Å². The number of hydrogen-bond acceptors (Lipinski definition) is 2. The van der Waals surface area contributed by atoms with Crippen LogP contribution in [0.3, 0.4) is 0 Å². The molecule has 4 heteroatoms. The van der Waals surface area contributed by atoms with Gasteiger partial charge in [-0.05, 0) is 23.8 Å². The number of aromatic nitrogens is 1. The number of rotatable bonds is 3. The zero-order valence-electron chi connectivity index (χ0n) is 11.6. The van der Waals surface area contributed by atoms with Crippen molar-refractivity contribution in [3.05, 3.63) is 72.3 Å². The summed E-state index contributed by atoms with van der Waals surface area (Å²) in [6.45, 7) is 0. The normalized spacial score (nSPS) is 10.5. The molecule has 0 saturated carbocycles. The van der Waals surface area contributed by atoms with Crippen LogP contribution in [-0.4, -0.2) is 16.1 Å². The standard InChI is InChI=1S/C18H13NO2.ClH/c20-18(21)11-10-14-12-17(13-6-2-1-3-7-13)19-16-9-5-4-8-15(14)16;/h1-12H,(H,20,21);1H. The lowest BCUT2D eigenvalue weighted by Gasteiger charge is -2.07. The Morgan fingerprint density at radius 1 is 1.00 bits per heavy atom. The molecule has 1 N–H and O–H groups in total. The average Bonchev–Trinajstić information content (AvgIpc) is 2.53. The fourth-order valence-electron chi connectivity index (χ4n) is 2.26. The molecule has 110 valence electrons. The maximum Gasteiger partial charge on any atom is 0.328 e. The van der Waals surface area contributed by atoms with Crippen LogP contribution in [0, 0.1) is 0 Å². The second kappa shape index (κ2) is 6.87. The Balaban J connectivity index is 0.00000176. The monoisotopic (exact) mass is 311 g/mol. The fraction of sp³-hybridized carbons (Fsp3) is 0. The van der Waals surface area contributed by atoms with Crippen molar-refractivity contribution >= 4 is 35.4 Å². The lowest BCUT2D eigenvalue weighted by atomic mass is 10.0. The molecule has 0 aliphatic rings. The van der Waals surface area contributed by atoms with E-state index in [2.05, 4.69) is 4.98 Å². The Morgan fingerprint density at radius 2 is 1.68 bits per heavy atom. The van der Waals surface area contributed by atoms with Crippen LogP contribution in [0.4, 0.5) is 0 Å². The largest absolute Gasteiger partial charge is 0.478 e. The molecular formula is C18H14ClNO2. The van der Waals surface area contributed by atoms with E-state index in [9.17, 15) is 4.79 Å². The van der Waals surface area contributed by atoms with Gasteiger partial charge in [0.05, 0.1) is 11.2 Å². The minimum atomic E-state index is -0.961. The number of halogens is 1.